The lowest BCUT2D eigenvalue weighted by atomic mass is 10.0. The molecule has 0 atom stereocenters. The van der Waals surface area contributed by atoms with Gasteiger partial charge in [0.05, 0.1) is 0 Å². The molecule has 0 spiro atoms. The molecule has 0 aromatic carbocycles. The summed E-state index contributed by atoms with van der Waals surface area (Å²) in [5.74, 6) is 0.202. The first-order valence-electron chi connectivity index (χ1n) is 12.2. The van der Waals surface area contributed by atoms with E-state index < -0.39 is 0 Å². The number of allylic oxidation sites excluding steroid dienone is 2. The van der Waals surface area contributed by atoms with Crippen LogP contribution in [-0.2, 0) is 4.79 Å². The van der Waals surface area contributed by atoms with E-state index in [2.05, 4.69) is 43.4 Å². The van der Waals surface area contributed by atoms with Crippen molar-refractivity contribution in [2.75, 3.05) is 27.2 Å². The molecular weight excluding hydrogens is 344 g/mol. The van der Waals surface area contributed by atoms with Crippen molar-refractivity contribution < 1.29 is 4.79 Å². The van der Waals surface area contributed by atoms with Crippen LogP contribution in [0.2, 0.25) is 0 Å². The molecule has 28 heavy (non-hydrogen) atoms. The summed E-state index contributed by atoms with van der Waals surface area (Å²) in [6.07, 6.45) is 26.4. The normalized spacial score (nSPS) is 11.6. The summed E-state index contributed by atoms with van der Waals surface area (Å²) in [6, 6.07) is 0. The van der Waals surface area contributed by atoms with Gasteiger partial charge >= 0.3 is 0 Å². The van der Waals surface area contributed by atoms with Crippen molar-refractivity contribution in [1.29, 1.82) is 0 Å². The second-order valence-corrected chi connectivity index (χ2v) is 8.55. The van der Waals surface area contributed by atoms with Crippen LogP contribution in [0.25, 0.3) is 0 Å². The molecule has 0 saturated heterocycles. The van der Waals surface area contributed by atoms with Crippen molar-refractivity contribution in [3.8, 4) is 0 Å². The summed E-state index contributed by atoms with van der Waals surface area (Å²) >= 11 is 0. The van der Waals surface area contributed by atoms with Crippen LogP contribution in [0.15, 0.2) is 12.2 Å². The lowest BCUT2D eigenvalue weighted by Gasteiger charge is -2.09. The van der Waals surface area contributed by atoms with Gasteiger partial charge in [0.15, 0.2) is 0 Å². The van der Waals surface area contributed by atoms with Crippen LogP contribution in [-0.4, -0.2) is 38.0 Å². The maximum atomic E-state index is 11.7. The van der Waals surface area contributed by atoms with Crippen LogP contribution in [0.1, 0.15) is 116 Å². The number of nitrogens with zero attached hydrogens (tertiary/aromatic N) is 1. The molecule has 0 bridgehead atoms. The molecule has 0 fully saturated rings. The Bertz CT molecular complexity index is 352. The lowest BCUT2D eigenvalue weighted by molar-refractivity contribution is -0.121. The smallest absolute Gasteiger partial charge is 0.220 e. The third-order valence-electron chi connectivity index (χ3n) is 5.27. The van der Waals surface area contributed by atoms with E-state index in [1.54, 1.807) is 0 Å². The van der Waals surface area contributed by atoms with Gasteiger partial charge in [-0.3, -0.25) is 4.79 Å². The Morgan fingerprint density at radius 1 is 0.714 bits per heavy atom. The molecule has 0 radical (unpaired) electrons. The molecule has 0 aromatic rings. The molecular formula is C25H50N2O. The van der Waals surface area contributed by atoms with Gasteiger partial charge in [0, 0.05) is 13.0 Å². The van der Waals surface area contributed by atoms with Gasteiger partial charge in [0.25, 0.3) is 0 Å². The van der Waals surface area contributed by atoms with E-state index in [0.29, 0.717) is 6.42 Å². The Labute approximate surface area is 176 Å². The highest BCUT2D eigenvalue weighted by atomic mass is 16.1. The van der Waals surface area contributed by atoms with E-state index >= 15 is 0 Å². The fourth-order valence-corrected chi connectivity index (χ4v) is 3.43. The summed E-state index contributed by atoms with van der Waals surface area (Å²) in [5, 5.41) is 3.00. The second kappa shape index (κ2) is 22.5. The number of carbonyl (C=O) groups is 1. The van der Waals surface area contributed by atoms with E-state index in [1.807, 2.05) is 0 Å². The van der Waals surface area contributed by atoms with Gasteiger partial charge in [0.1, 0.15) is 0 Å². The van der Waals surface area contributed by atoms with Crippen LogP contribution >= 0.6 is 0 Å². The van der Waals surface area contributed by atoms with Gasteiger partial charge in [0.2, 0.25) is 5.91 Å². The van der Waals surface area contributed by atoms with Gasteiger partial charge < -0.3 is 10.2 Å². The first-order chi connectivity index (χ1) is 13.7. The minimum atomic E-state index is 0.202. The zero-order valence-corrected chi connectivity index (χ0v) is 19.4. The Balaban J connectivity index is 3.20. The van der Waals surface area contributed by atoms with Gasteiger partial charge in [-0.05, 0) is 52.7 Å². The number of hydrogen-bond donors (Lipinski definition) is 1. The average Bonchev–Trinajstić information content (AvgIpc) is 2.67. The number of nitrogens with one attached hydrogen (secondary N) is 1. The van der Waals surface area contributed by atoms with E-state index in [1.165, 1.54) is 83.5 Å². The molecule has 0 saturated carbocycles. The molecule has 1 amide bonds. The molecule has 3 heteroatoms. The topological polar surface area (TPSA) is 32.3 Å². The highest BCUT2D eigenvalue weighted by molar-refractivity contribution is 5.75. The van der Waals surface area contributed by atoms with Crippen molar-refractivity contribution in [3.63, 3.8) is 0 Å². The zero-order valence-electron chi connectivity index (χ0n) is 19.4. The molecule has 0 rings (SSSR count). The summed E-state index contributed by atoms with van der Waals surface area (Å²) in [6.45, 7) is 4.11. The van der Waals surface area contributed by atoms with E-state index in [0.717, 1.165) is 32.4 Å². The average molecular weight is 395 g/mol. The van der Waals surface area contributed by atoms with Crippen LogP contribution in [0, 0.1) is 0 Å². The fourth-order valence-electron chi connectivity index (χ4n) is 3.43. The van der Waals surface area contributed by atoms with E-state index in [9.17, 15) is 4.79 Å². The first-order valence-corrected chi connectivity index (χ1v) is 12.2. The number of unbranched alkanes of at least 4 members (excludes halogenated alkanes) is 13. The van der Waals surface area contributed by atoms with Crippen molar-refractivity contribution in [1.82, 2.24) is 10.2 Å². The van der Waals surface area contributed by atoms with Crippen LogP contribution in [0.5, 0.6) is 0 Å². The minimum Gasteiger partial charge on any atom is -0.356 e. The molecule has 0 aromatic heterocycles. The van der Waals surface area contributed by atoms with Crippen molar-refractivity contribution in [2.45, 2.75) is 116 Å². The molecule has 0 unspecified atom stereocenters. The molecule has 166 valence electrons. The fraction of sp³-hybridized carbons (Fsp3) is 0.880. The quantitative estimate of drug-likeness (QED) is 0.170. The number of amides is 1. The van der Waals surface area contributed by atoms with Crippen LogP contribution < -0.4 is 5.32 Å². The van der Waals surface area contributed by atoms with E-state index in [-0.39, 0.29) is 5.91 Å². The highest BCUT2D eigenvalue weighted by Crippen LogP contribution is 2.12. The Kier molecular flexibility index (Phi) is 21.8. The Hall–Kier alpha value is -0.830. The number of rotatable bonds is 21. The summed E-state index contributed by atoms with van der Waals surface area (Å²) in [4.78, 5) is 13.8. The van der Waals surface area contributed by atoms with Gasteiger partial charge in [-0.15, -0.1) is 0 Å². The zero-order chi connectivity index (χ0) is 20.7. The first kappa shape index (κ1) is 27.2. The molecule has 0 aliphatic heterocycles. The predicted molar refractivity (Wildman–Crippen MR) is 125 cm³/mol. The molecule has 0 aliphatic rings. The van der Waals surface area contributed by atoms with Crippen LogP contribution in [0.3, 0.4) is 0 Å². The number of hydrogen-bond acceptors (Lipinski definition) is 2. The van der Waals surface area contributed by atoms with E-state index in [4.69, 9.17) is 0 Å². The maximum absolute atomic E-state index is 11.7. The van der Waals surface area contributed by atoms with Crippen molar-refractivity contribution in [2.24, 2.45) is 0 Å². The summed E-state index contributed by atoms with van der Waals surface area (Å²) < 4.78 is 0. The molecule has 0 aliphatic carbocycles. The second-order valence-electron chi connectivity index (χ2n) is 8.55. The summed E-state index contributed by atoms with van der Waals surface area (Å²) in [7, 11) is 4.12. The number of carbonyl (C=O) groups excluding carboxylic acids is 1. The largest absolute Gasteiger partial charge is 0.356 e. The molecule has 1 N–H and O–H groups in total. The summed E-state index contributed by atoms with van der Waals surface area (Å²) in [5.41, 5.74) is 0. The monoisotopic (exact) mass is 394 g/mol. The third-order valence-corrected chi connectivity index (χ3v) is 5.27. The Morgan fingerprint density at radius 3 is 1.75 bits per heavy atom. The SMILES string of the molecule is CCCCCCCCCCCCCC/C=C\CCCC(=O)NCCCN(C)C. The Morgan fingerprint density at radius 2 is 1.21 bits per heavy atom. The van der Waals surface area contributed by atoms with Crippen molar-refractivity contribution >= 4 is 5.91 Å². The standard InChI is InChI=1S/C25H50N2O/c1-4-5-6-7-8-9-10-11-12-13-14-15-16-17-18-19-20-22-25(28)26-23-21-24-27(2)3/h17-18H,4-16,19-24H2,1-3H3,(H,26,28)/b18-17-. The van der Waals surface area contributed by atoms with Gasteiger partial charge in [-0.25, -0.2) is 0 Å². The van der Waals surface area contributed by atoms with Crippen LogP contribution in [0.4, 0.5) is 0 Å². The molecule has 3 nitrogen and oxygen atoms in total. The molecule has 0 heterocycles. The highest BCUT2D eigenvalue weighted by Gasteiger charge is 1.99. The predicted octanol–water partition coefficient (Wildman–Crippen LogP) is 6.87. The maximum Gasteiger partial charge on any atom is 0.220 e. The minimum absolute atomic E-state index is 0.202. The lowest BCUT2D eigenvalue weighted by Crippen LogP contribution is -2.26. The van der Waals surface area contributed by atoms with Gasteiger partial charge in [-0.1, -0.05) is 89.7 Å². The third kappa shape index (κ3) is 23.2. The van der Waals surface area contributed by atoms with Gasteiger partial charge in [-0.2, -0.15) is 0 Å². The van der Waals surface area contributed by atoms with Crippen molar-refractivity contribution in [3.05, 3.63) is 12.2 Å².